The van der Waals surface area contributed by atoms with E-state index < -0.39 is 16.0 Å². The number of nitrogens with one attached hydrogen (secondary N) is 1. The van der Waals surface area contributed by atoms with E-state index in [1.807, 2.05) is 0 Å². The van der Waals surface area contributed by atoms with Gasteiger partial charge in [0.25, 0.3) is 10.0 Å². The molecular formula is C10H11N3O4S2. The summed E-state index contributed by atoms with van der Waals surface area (Å²) >= 11 is 0.723. The smallest absolute Gasteiger partial charge is 0.346 e. The molecule has 0 amide bonds. The third-order valence-electron chi connectivity index (χ3n) is 2.41. The third kappa shape index (κ3) is 2.61. The Hall–Kier alpha value is -1.87. The van der Waals surface area contributed by atoms with Crippen molar-refractivity contribution >= 4 is 33.1 Å². The first-order valence-electron chi connectivity index (χ1n) is 5.16. The Morgan fingerprint density at radius 2 is 2.21 bits per heavy atom. The number of carboxylic acids is 1. The highest BCUT2D eigenvalue weighted by atomic mass is 32.2. The van der Waals surface area contributed by atoms with Crippen LogP contribution in [0.15, 0.2) is 22.5 Å². The fourth-order valence-corrected chi connectivity index (χ4v) is 3.93. The molecule has 0 fully saturated rings. The van der Waals surface area contributed by atoms with Crippen molar-refractivity contribution in [1.82, 2.24) is 9.78 Å². The summed E-state index contributed by atoms with van der Waals surface area (Å²) in [4.78, 5) is 10.9. The van der Waals surface area contributed by atoms with Gasteiger partial charge in [-0.1, -0.05) is 0 Å². The van der Waals surface area contributed by atoms with Gasteiger partial charge in [0, 0.05) is 13.1 Å². The van der Waals surface area contributed by atoms with Gasteiger partial charge in [-0.05, 0) is 18.6 Å². The fraction of sp³-hybridized carbons (Fsp3) is 0.200. The Morgan fingerprint density at radius 3 is 2.68 bits per heavy atom. The maximum absolute atomic E-state index is 12.1. The van der Waals surface area contributed by atoms with E-state index in [1.165, 1.54) is 23.0 Å². The number of carbonyl (C=O) groups is 1. The molecule has 2 aromatic rings. The number of aromatic carboxylic acids is 1. The summed E-state index contributed by atoms with van der Waals surface area (Å²) in [5.41, 5.74) is 0.419. The van der Waals surface area contributed by atoms with E-state index in [2.05, 4.69) is 9.82 Å². The van der Waals surface area contributed by atoms with Crippen LogP contribution < -0.4 is 4.72 Å². The first-order valence-corrected chi connectivity index (χ1v) is 7.46. The van der Waals surface area contributed by atoms with E-state index in [-0.39, 0.29) is 9.09 Å². The van der Waals surface area contributed by atoms with Gasteiger partial charge in [-0.3, -0.25) is 9.40 Å². The minimum absolute atomic E-state index is 0.0189. The Balaban J connectivity index is 2.38. The number of anilines is 1. The Labute approximate surface area is 113 Å². The van der Waals surface area contributed by atoms with Crippen LogP contribution in [0.2, 0.25) is 0 Å². The summed E-state index contributed by atoms with van der Waals surface area (Å²) in [6.45, 7) is 1.56. The number of nitrogens with zero attached hydrogens (tertiary/aromatic N) is 2. The van der Waals surface area contributed by atoms with Crippen molar-refractivity contribution < 1.29 is 18.3 Å². The van der Waals surface area contributed by atoms with Crippen molar-refractivity contribution in [2.45, 2.75) is 11.1 Å². The molecule has 0 unspecified atom stereocenters. The lowest BCUT2D eigenvalue weighted by atomic mass is 10.3. The Kier molecular flexibility index (Phi) is 3.33. The molecule has 0 aliphatic carbocycles. The molecule has 0 aliphatic rings. The molecule has 0 aliphatic heterocycles. The largest absolute Gasteiger partial charge is 0.477 e. The van der Waals surface area contributed by atoms with Crippen LogP contribution in [0.5, 0.6) is 0 Å². The van der Waals surface area contributed by atoms with Gasteiger partial charge in [-0.15, -0.1) is 11.3 Å². The Morgan fingerprint density at radius 1 is 1.53 bits per heavy atom. The number of aryl methyl sites for hydroxylation is 2. The Bertz CT molecular complexity index is 730. The summed E-state index contributed by atoms with van der Waals surface area (Å²) in [5.74, 6) is -0.826. The summed E-state index contributed by atoms with van der Waals surface area (Å²) in [5, 5.41) is 12.8. The van der Waals surface area contributed by atoms with Crippen LogP contribution in [-0.2, 0) is 17.1 Å². The van der Waals surface area contributed by atoms with E-state index in [0.29, 0.717) is 11.4 Å². The molecule has 0 aromatic carbocycles. The average Bonchev–Trinajstić information content (AvgIpc) is 2.86. The highest BCUT2D eigenvalue weighted by molar-refractivity contribution is 7.94. The van der Waals surface area contributed by atoms with E-state index in [9.17, 15) is 13.2 Å². The highest BCUT2D eigenvalue weighted by Crippen LogP contribution is 2.27. The van der Waals surface area contributed by atoms with Gasteiger partial charge in [0.1, 0.15) is 14.9 Å². The van der Waals surface area contributed by atoms with Gasteiger partial charge >= 0.3 is 5.97 Å². The molecule has 2 aromatic heterocycles. The minimum Gasteiger partial charge on any atom is -0.477 e. The van der Waals surface area contributed by atoms with Gasteiger partial charge in [-0.2, -0.15) is 5.10 Å². The molecule has 0 bridgehead atoms. The first-order chi connectivity index (χ1) is 8.81. The number of thiophene rings is 1. The predicted octanol–water partition coefficient (Wildman–Crippen LogP) is 1.29. The summed E-state index contributed by atoms with van der Waals surface area (Å²) < 4.78 is 27.9. The van der Waals surface area contributed by atoms with Crippen LogP contribution in [0.1, 0.15) is 15.2 Å². The second-order valence-corrected chi connectivity index (χ2v) is 6.79. The van der Waals surface area contributed by atoms with Crippen molar-refractivity contribution in [3.8, 4) is 0 Å². The van der Waals surface area contributed by atoms with Gasteiger partial charge in [-0.25, -0.2) is 13.2 Å². The number of aromatic nitrogens is 2. The lowest BCUT2D eigenvalue weighted by Crippen LogP contribution is -2.14. The molecule has 7 nitrogen and oxygen atoms in total. The second kappa shape index (κ2) is 4.67. The average molecular weight is 301 g/mol. The van der Waals surface area contributed by atoms with Crippen LogP contribution in [0.25, 0.3) is 0 Å². The van der Waals surface area contributed by atoms with Crippen LogP contribution in [0.3, 0.4) is 0 Å². The third-order valence-corrected chi connectivity index (χ3v) is 5.47. The van der Waals surface area contributed by atoms with Gasteiger partial charge < -0.3 is 5.11 Å². The molecular weight excluding hydrogens is 290 g/mol. The van der Waals surface area contributed by atoms with E-state index >= 15 is 0 Å². The molecule has 9 heteroatoms. The van der Waals surface area contributed by atoms with Crippen LogP contribution in [-0.4, -0.2) is 29.3 Å². The predicted molar refractivity (Wildman–Crippen MR) is 70.0 cm³/mol. The maximum Gasteiger partial charge on any atom is 0.346 e. The highest BCUT2D eigenvalue weighted by Gasteiger charge is 2.22. The number of hydrogen-bond acceptors (Lipinski definition) is 5. The lowest BCUT2D eigenvalue weighted by molar-refractivity contribution is 0.0701. The molecule has 0 saturated heterocycles. The minimum atomic E-state index is -3.80. The quantitative estimate of drug-likeness (QED) is 0.886. The van der Waals surface area contributed by atoms with Crippen molar-refractivity contribution in [2.75, 3.05) is 4.72 Å². The van der Waals surface area contributed by atoms with Crippen LogP contribution in [0.4, 0.5) is 5.82 Å². The maximum atomic E-state index is 12.1. The zero-order valence-electron chi connectivity index (χ0n) is 10.1. The summed E-state index contributed by atoms with van der Waals surface area (Å²) in [6.07, 6.45) is 1.46. The zero-order chi connectivity index (χ0) is 14.2. The van der Waals surface area contributed by atoms with Gasteiger partial charge in [0.05, 0.1) is 6.20 Å². The van der Waals surface area contributed by atoms with Crippen LogP contribution in [0, 0.1) is 6.92 Å². The molecule has 19 heavy (non-hydrogen) atoms. The monoisotopic (exact) mass is 301 g/mol. The molecule has 2 N–H and O–H groups in total. The summed E-state index contributed by atoms with van der Waals surface area (Å²) in [6, 6.07) is 2.85. The van der Waals surface area contributed by atoms with Crippen molar-refractivity contribution in [3.05, 3.63) is 28.8 Å². The SMILES string of the molecule is Cc1cc(S(=O)(=O)Nc2ccnn2C)sc1C(=O)O. The molecule has 0 saturated carbocycles. The molecule has 0 spiro atoms. The van der Waals surface area contributed by atoms with E-state index in [4.69, 9.17) is 5.11 Å². The van der Waals surface area contributed by atoms with Crippen LogP contribution >= 0.6 is 11.3 Å². The van der Waals surface area contributed by atoms with Crippen molar-refractivity contribution in [1.29, 1.82) is 0 Å². The second-order valence-electron chi connectivity index (χ2n) is 3.83. The normalized spacial score (nSPS) is 11.5. The zero-order valence-corrected chi connectivity index (χ0v) is 11.7. The number of carboxylic acid groups (broad SMARTS) is 1. The molecule has 0 radical (unpaired) electrons. The molecule has 2 heterocycles. The fourth-order valence-electron chi connectivity index (χ4n) is 1.46. The number of sulfonamides is 1. The van der Waals surface area contributed by atoms with Crippen molar-refractivity contribution in [2.24, 2.45) is 7.05 Å². The molecule has 0 atom stereocenters. The lowest BCUT2D eigenvalue weighted by Gasteiger charge is -2.05. The van der Waals surface area contributed by atoms with Gasteiger partial charge in [0.2, 0.25) is 0 Å². The molecule has 2 rings (SSSR count). The number of rotatable bonds is 4. The summed E-state index contributed by atoms with van der Waals surface area (Å²) in [7, 11) is -2.20. The van der Waals surface area contributed by atoms with Crippen molar-refractivity contribution in [3.63, 3.8) is 0 Å². The van der Waals surface area contributed by atoms with E-state index in [1.54, 1.807) is 14.0 Å². The topological polar surface area (TPSA) is 101 Å². The standard InChI is InChI=1S/C10H11N3O4S2/c1-6-5-8(18-9(6)10(14)15)19(16,17)12-7-3-4-11-13(7)2/h3-5,12H,1-2H3,(H,14,15). The number of hydrogen-bond donors (Lipinski definition) is 2. The molecule has 102 valence electrons. The first kappa shape index (κ1) is 13.6. The van der Waals surface area contributed by atoms with E-state index in [0.717, 1.165) is 11.3 Å². The van der Waals surface area contributed by atoms with Gasteiger partial charge in [0.15, 0.2) is 0 Å².